The Morgan fingerprint density at radius 3 is 2.15 bits per heavy atom. The van der Waals surface area contributed by atoms with Crippen molar-refractivity contribution in [3.8, 4) is 11.4 Å². The summed E-state index contributed by atoms with van der Waals surface area (Å²) in [6.45, 7) is 0. The van der Waals surface area contributed by atoms with Crippen molar-refractivity contribution >= 4 is 94.3 Å². The number of nitrogen functional groups attached to an aromatic ring is 3. The van der Waals surface area contributed by atoms with E-state index in [0.29, 0.717) is 50.9 Å². The first kappa shape index (κ1) is 36.2. The smallest absolute Gasteiger partial charge is 0.296 e. The molecule has 0 unspecified atom stereocenters. The predicted molar refractivity (Wildman–Crippen MR) is 207 cm³/mol. The number of nitrogens with two attached hydrogens (primary N) is 3. The second kappa shape index (κ2) is 14.0. The molecule has 18 nitrogen and oxygen atoms in total. The molecule has 0 atom stereocenters. The number of hydrazone groups is 1. The fraction of sp³-hybridized carbons (Fsp3) is 0. The van der Waals surface area contributed by atoms with Gasteiger partial charge in [0, 0.05) is 11.3 Å². The van der Waals surface area contributed by atoms with Gasteiger partial charge in [0.05, 0.1) is 45.0 Å². The molecule has 1 heterocycles. The van der Waals surface area contributed by atoms with Crippen LogP contribution in [0.1, 0.15) is 15.9 Å². The number of rotatable bonds is 9. The van der Waals surface area contributed by atoms with Crippen LogP contribution in [0, 0.1) is 0 Å². The Hall–Kier alpha value is -7.13. The van der Waals surface area contributed by atoms with E-state index in [1.54, 1.807) is 91.0 Å². The summed E-state index contributed by atoms with van der Waals surface area (Å²) < 4.78 is 69.5. The number of benzene rings is 5. The molecule has 0 spiro atoms. The molecule has 0 amide bonds. The van der Waals surface area contributed by atoms with Crippen molar-refractivity contribution in [3.63, 3.8) is 0 Å². The highest BCUT2D eigenvalue weighted by atomic mass is 32.2. The van der Waals surface area contributed by atoms with Gasteiger partial charge in [0.25, 0.3) is 20.2 Å². The highest BCUT2D eigenvalue weighted by Gasteiger charge is 2.37. The molecule has 0 radical (unpaired) electrons. The second-order valence-corrected chi connectivity index (χ2v) is 14.7. The van der Waals surface area contributed by atoms with Crippen LogP contribution in [0.25, 0.3) is 28.5 Å². The summed E-state index contributed by atoms with van der Waals surface area (Å²) in [4.78, 5) is 19.7. The topological polar surface area (TPSA) is 306 Å². The number of azo groups is 2. The lowest BCUT2D eigenvalue weighted by Gasteiger charge is -2.20. The number of nitrogens with zero attached hydrogens (tertiary/aromatic N) is 6. The van der Waals surface area contributed by atoms with Crippen LogP contribution < -0.4 is 22.6 Å². The van der Waals surface area contributed by atoms with Gasteiger partial charge in [0.2, 0.25) is 5.78 Å². The third kappa shape index (κ3) is 7.54. The van der Waals surface area contributed by atoms with E-state index >= 15 is 0 Å². The molecule has 10 N–H and O–H groups in total. The Morgan fingerprint density at radius 2 is 1.45 bits per heavy atom. The molecule has 5 aromatic carbocycles. The number of carbonyl (C=O) groups is 1. The summed E-state index contributed by atoms with van der Waals surface area (Å²) in [7, 11) is -10.1. The molecule has 0 saturated carbocycles. The molecule has 0 bridgehead atoms. The summed E-state index contributed by atoms with van der Waals surface area (Å²) >= 11 is 0. The molecular formula is C35H27N11O7S2. The molecule has 55 heavy (non-hydrogen) atoms. The SMILES string of the molecule is Nc1ccc(N=Nc2ccc3nc(-c4ccc(N=Nc5c(S(=O)(=O)O)cc6c(c5N)C(=O)/C(=N\Nc5ccccc5)C(S(=O)(=O)O)=C6)cc4)[nH]c3c2)c(N)c1. The minimum atomic E-state index is -5.07. The standard InChI is InChI=1S/C35H27N11O7S2/c36-20-8-12-25(24(37)16-20)44-43-23-11-13-26-27(17-23)40-35(39-26)18-6-9-22(10-7-18)42-45-32-28(54(48,49)50)14-19-15-29(55(51,52)53)33(34(47)30(19)31(32)38)46-41-21-4-2-1-3-5-21/h1-17,41H,36-38H2,(H,39,40)(H,48,49,50)(H,51,52,53)/b44-43?,45-42?,46-33-. The number of Topliss-reactive ketones (excluding diaryl/α,β-unsaturated/α-hetero) is 1. The number of H-pyrrole nitrogens is 1. The number of aromatic amines is 1. The van der Waals surface area contributed by atoms with Crippen LogP contribution in [-0.2, 0) is 20.2 Å². The highest BCUT2D eigenvalue weighted by molar-refractivity contribution is 7.91. The number of nitrogens with one attached hydrogen (secondary N) is 2. The quantitative estimate of drug-likeness (QED) is 0.0339. The van der Waals surface area contributed by atoms with Crippen molar-refractivity contribution in [2.24, 2.45) is 25.6 Å². The lowest BCUT2D eigenvalue weighted by atomic mass is 9.92. The third-order valence-corrected chi connectivity index (χ3v) is 9.85. The summed E-state index contributed by atoms with van der Waals surface area (Å²) in [6, 6.07) is 25.7. The predicted octanol–water partition coefficient (Wildman–Crippen LogP) is 6.95. The number of hydrogen-bond donors (Lipinski definition) is 7. The summed E-state index contributed by atoms with van der Waals surface area (Å²) in [6.07, 6.45) is 0.809. The first-order valence-corrected chi connectivity index (χ1v) is 18.7. The van der Waals surface area contributed by atoms with Gasteiger partial charge in [-0.05, 0) is 90.5 Å². The van der Waals surface area contributed by atoms with Gasteiger partial charge in [0.1, 0.15) is 27.0 Å². The van der Waals surface area contributed by atoms with Gasteiger partial charge in [0.15, 0.2) is 5.71 Å². The zero-order chi connectivity index (χ0) is 39.1. The Kier molecular flexibility index (Phi) is 9.24. The van der Waals surface area contributed by atoms with Gasteiger partial charge >= 0.3 is 0 Å². The number of hydrogen-bond acceptors (Lipinski definition) is 15. The lowest BCUT2D eigenvalue weighted by Crippen LogP contribution is -2.28. The summed E-state index contributed by atoms with van der Waals surface area (Å²) in [5.41, 5.74) is 22.4. The van der Waals surface area contributed by atoms with E-state index in [2.05, 4.69) is 41.0 Å². The number of carbonyl (C=O) groups excluding carboxylic acids is 1. The number of para-hydroxylation sites is 1. The van der Waals surface area contributed by atoms with Crippen molar-refractivity contribution in [2.75, 3.05) is 22.6 Å². The van der Waals surface area contributed by atoms with Gasteiger partial charge in [-0.3, -0.25) is 19.3 Å². The normalized spacial score (nSPS) is 14.2. The summed E-state index contributed by atoms with van der Waals surface area (Å²) in [5.74, 6) is -0.570. The van der Waals surface area contributed by atoms with Crippen LogP contribution in [0.2, 0.25) is 0 Å². The molecule has 0 aliphatic heterocycles. The average Bonchev–Trinajstić information content (AvgIpc) is 3.57. The number of imidazole rings is 1. The van der Waals surface area contributed by atoms with Crippen LogP contribution in [0.3, 0.4) is 0 Å². The molecule has 7 rings (SSSR count). The first-order chi connectivity index (χ1) is 26.2. The van der Waals surface area contributed by atoms with Crippen LogP contribution in [-0.4, -0.2) is 47.4 Å². The number of ketones is 1. The van der Waals surface area contributed by atoms with E-state index in [4.69, 9.17) is 17.2 Å². The van der Waals surface area contributed by atoms with Gasteiger partial charge in [-0.15, -0.1) is 10.2 Å². The summed E-state index contributed by atoms with van der Waals surface area (Å²) in [5, 5.41) is 20.4. The maximum atomic E-state index is 13.7. The first-order valence-electron chi connectivity index (χ1n) is 15.8. The molecule has 20 heteroatoms. The fourth-order valence-corrected chi connectivity index (χ4v) is 6.83. The number of allylic oxidation sites excluding steroid dienone is 1. The average molecular weight is 778 g/mol. The van der Waals surface area contributed by atoms with E-state index in [1.165, 1.54) is 0 Å². The molecule has 0 fully saturated rings. The molecule has 1 aliphatic carbocycles. The highest BCUT2D eigenvalue weighted by Crippen LogP contribution is 2.41. The van der Waals surface area contributed by atoms with Crippen molar-refractivity contribution in [3.05, 3.63) is 113 Å². The van der Waals surface area contributed by atoms with Crippen molar-refractivity contribution in [1.82, 2.24) is 9.97 Å². The zero-order valence-corrected chi connectivity index (χ0v) is 29.6. The Bertz CT molecular complexity index is 2890. The lowest BCUT2D eigenvalue weighted by molar-refractivity contribution is 0.106. The van der Waals surface area contributed by atoms with Gasteiger partial charge in [-0.2, -0.15) is 32.2 Å². The van der Waals surface area contributed by atoms with Crippen LogP contribution >= 0.6 is 0 Å². The third-order valence-electron chi connectivity index (χ3n) is 8.12. The van der Waals surface area contributed by atoms with E-state index < -0.39 is 52.9 Å². The maximum absolute atomic E-state index is 13.7. The minimum Gasteiger partial charge on any atom is -0.399 e. The van der Waals surface area contributed by atoms with Crippen LogP contribution in [0.5, 0.6) is 0 Å². The van der Waals surface area contributed by atoms with Crippen molar-refractivity contribution in [2.45, 2.75) is 4.90 Å². The molecule has 6 aromatic rings. The van der Waals surface area contributed by atoms with Gasteiger partial charge < -0.3 is 22.2 Å². The second-order valence-electron chi connectivity index (χ2n) is 11.9. The minimum absolute atomic E-state index is 0.220. The Labute approximate surface area is 311 Å². The number of fused-ring (bicyclic) bond motifs is 2. The Morgan fingerprint density at radius 1 is 0.745 bits per heavy atom. The van der Waals surface area contributed by atoms with Gasteiger partial charge in [-0.1, -0.05) is 18.2 Å². The van der Waals surface area contributed by atoms with Crippen LogP contribution in [0.4, 0.5) is 45.5 Å². The molecule has 1 aliphatic rings. The number of aromatic nitrogens is 2. The van der Waals surface area contributed by atoms with Crippen molar-refractivity contribution < 1.29 is 30.7 Å². The molecular weight excluding hydrogens is 751 g/mol. The van der Waals surface area contributed by atoms with Crippen molar-refractivity contribution in [1.29, 1.82) is 0 Å². The monoisotopic (exact) mass is 777 g/mol. The van der Waals surface area contributed by atoms with Crippen LogP contribution in [0.15, 0.2) is 132 Å². The van der Waals surface area contributed by atoms with Gasteiger partial charge in [-0.25, -0.2) is 4.98 Å². The van der Waals surface area contributed by atoms with E-state index in [9.17, 15) is 30.7 Å². The van der Waals surface area contributed by atoms with E-state index in [1.807, 2.05) is 0 Å². The fourth-order valence-electron chi connectivity index (χ4n) is 5.50. The zero-order valence-electron chi connectivity index (χ0n) is 28.0. The maximum Gasteiger partial charge on any atom is 0.296 e. The number of anilines is 4. The van der Waals surface area contributed by atoms with E-state index in [-0.39, 0.29) is 16.8 Å². The molecule has 276 valence electrons. The largest absolute Gasteiger partial charge is 0.399 e. The molecule has 0 saturated heterocycles. The van der Waals surface area contributed by atoms with E-state index in [0.717, 1.165) is 12.1 Å². The molecule has 1 aromatic heterocycles. The Balaban J connectivity index is 1.18.